The molecule has 1 amide bonds. The first kappa shape index (κ1) is 22.0. The summed E-state index contributed by atoms with van der Waals surface area (Å²) in [5, 5.41) is 18.7. The lowest BCUT2D eigenvalue weighted by Crippen LogP contribution is -2.19. The van der Waals surface area contributed by atoms with E-state index in [1.54, 1.807) is 25.4 Å². The first-order valence-corrected chi connectivity index (χ1v) is 9.73. The van der Waals surface area contributed by atoms with E-state index in [4.69, 9.17) is 9.47 Å². The van der Waals surface area contributed by atoms with Crippen LogP contribution in [-0.4, -0.2) is 33.9 Å². The van der Waals surface area contributed by atoms with Crippen molar-refractivity contribution in [3.05, 3.63) is 80.1 Å². The van der Waals surface area contributed by atoms with Gasteiger partial charge >= 0.3 is 0 Å². The SMILES string of the molecule is COc1cc(/C=N\NC(=O)c2nn(C)cc2Br)ccc1COc1ccc([N+](=O)[O-])cc1. The molecule has 2 aromatic carbocycles. The van der Waals surface area contributed by atoms with E-state index in [9.17, 15) is 14.9 Å². The van der Waals surface area contributed by atoms with Crippen molar-refractivity contribution < 1.29 is 19.2 Å². The topological polar surface area (TPSA) is 121 Å². The first-order chi connectivity index (χ1) is 14.9. The quantitative estimate of drug-likeness (QED) is 0.295. The second kappa shape index (κ2) is 9.85. The van der Waals surface area contributed by atoms with Gasteiger partial charge in [0.05, 0.1) is 22.7 Å². The molecule has 1 aromatic heterocycles. The number of non-ortho nitro benzene ring substituents is 1. The fraction of sp³-hybridized carbons (Fsp3) is 0.150. The van der Waals surface area contributed by atoms with Gasteiger partial charge in [0.1, 0.15) is 18.1 Å². The number of carbonyl (C=O) groups excluding carboxylic acids is 1. The molecular weight excluding hydrogens is 470 g/mol. The Morgan fingerprint density at radius 2 is 2.06 bits per heavy atom. The van der Waals surface area contributed by atoms with Crippen molar-refractivity contribution >= 4 is 33.7 Å². The van der Waals surface area contributed by atoms with Crippen molar-refractivity contribution in [1.82, 2.24) is 15.2 Å². The van der Waals surface area contributed by atoms with Gasteiger partial charge in [0.15, 0.2) is 5.69 Å². The largest absolute Gasteiger partial charge is 0.496 e. The number of nitrogens with zero attached hydrogens (tertiary/aromatic N) is 4. The summed E-state index contributed by atoms with van der Waals surface area (Å²) in [7, 11) is 3.25. The number of carbonyl (C=O) groups is 1. The third-order valence-electron chi connectivity index (χ3n) is 4.13. The molecule has 1 heterocycles. The van der Waals surface area contributed by atoms with E-state index in [2.05, 4.69) is 31.6 Å². The van der Waals surface area contributed by atoms with E-state index in [-0.39, 0.29) is 18.0 Å². The number of hydrogen-bond donors (Lipinski definition) is 1. The molecule has 0 atom stereocenters. The van der Waals surface area contributed by atoms with Crippen LogP contribution in [0.25, 0.3) is 0 Å². The number of hydrogen-bond acceptors (Lipinski definition) is 7. The summed E-state index contributed by atoms with van der Waals surface area (Å²) in [6, 6.07) is 11.2. The average Bonchev–Trinajstić information content (AvgIpc) is 3.10. The molecule has 31 heavy (non-hydrogen) atoms. The average molecular weight is 488 g/mol. The highest BCUT2D eigenvalue weighted by Gasteiger charge is 2.13. The second-order valence-electron chi connectivity index (χ2n) is 6.31. The van der Waals surface area contributed by atoms with Gasteiger partial charge in [-0.3, -0.25) is 19.6 Å². The van der Waals surface area contributed by atoms with Crippen LogP contribution in [0.3, 0.4) is 0 Å². The predicted molar refractivity (Wildman–Crippen MR) is 116 cm³/mol. The Balaban J connectivity index is 1.62. The lowest BCUT2D eigenvalue weighted by Gasteiger charge is -2.11. The van der Waals surface area contributed by atoms with Crippen LogP contribution < -0.4 is 14.9 Å². The third-order valence-corrected chi connectivity index (χ3v) is 4.71. The van der Waals surface area contributed by atoms with Crippen molar-refractivity contribution in [2.75, 3.05) is 7.11 Å². The highest BCUT2D eigenvalue weighted by molar-refractivity contribution is 9.10. The molecule has 160 valence electrons. The van der Waals surface area contributed by atoms with E-state index >= 15 is 0 Å². The van der Waals surface area contributed by atoms with Crippen LogP contribution in [0.15, 0.2) is 58.2 Å². The van der Waals surface area contributed by atoms with Gasteiger partial charge in [0.25, 0.3) is 11.6 Å². The number of aryl methyl sites for hydroxylation is 1. The summed E-state index contributed by atoms with van der Waals surface area (Å²) in [5.41, 5.74) is 4.13. The summed E-state index contributed by atoms with van der Waals surface area (Å²) in [6.45, 7) is 0.211. The first-order valence-electron chi connectivity index (χ1n) is 8.94. The van der Waals surface area contributed by atoms with Crippen LogP contribution in [0.2, 0.25) is 0 Å². The summed E-state index contributed by atoms with van der Waals surface area (Å²) < 4.78 is 13.2. The van der Waals surface area contributed by atoms with Crippen LogP contribution in [0.4, 0.5) is 5.69 Å². The molecule has 0 aliphatic carbocycles. The molecule has 1 N–H and O–H groups in total. The minimum absolute atomic E-state index is 0.00364. The number of hydrazone groups is 1. The predicted octanol–water partition coefficient (Wildman–Crippen LogP) is 3.44. The van der Waals surface area contributed by atoms with Crippen LogP contribution in [0, 0.1) is 10.1 Å². The fourth-order valence-electron chi connectivity index (χ4n) is 2.62. The zero-order valence-electron chi connectivity index (χ0n) is 16.6. The van der Waals surface area contributed by atoms with Gasteiger partial charge in [0.2, 0.25) is 0 Å². The van der Waals surface area contributed by atoms with E-state index in [0.29, 0.717) is 21.5 Å². The van der Waals surface area contributed by atoms with Crippen molar-refractivity contribution in [2.24, 2.45) is 12.1 Å². The molecule has 0 saturated carbocycles. The van der Waals surface area contributed by atoms with Crippen LogP contribution in [-0.2, 0) is 13.7 Å². The molecule has 0 radical (unpaired) electrons. The number of rotatable bonds is 8. The number of nitrogens with one attached hydrogen (secondary N) is 1. The maximum atomic E-state index is 12.1. The Hall–Kier alpha value is -3.73. The summed E-state index contributed by atoms with van der Waals surface area (Å²) in [6.07, 6.45) is 3.15. The molecule has 10 nitrogen and oxygen atoms in total. The zero-order valence-corrected chi connectivity index (χ0v) is 18.2. The molecule has 0 spiro atoms. The number of aromatic nitrogens is 2. The number of nitro benzene ring substituents is 1. The molecule has 0 aliphatic heterocycles. The smallest absolute Gasteiger partial charge is 0.293 e. The molecular formula is C20H18BrN5O5. The van der Waals surface area contributed by atoms with Crippen LogP contribution >= 0.6 is 15.9 Å². The number of nitro groups is 1. The summed E-state index contributed by atoms with van der Waals surface area (Å²) in [4.78, 5) is 22.4. The zero-order chi connectivity index (χ0) is 22.4. The molecule has 0 fully saturated rings. The molecule has 0 saturated heterocycles. The molecule has 11 heteroatoms. The number of amides is 1. The molecule has 3 rings (SSSR count). The standard InChI is InChI=1S/C20H18BrN5O5/c1-25-11-17(21)19(24-25)20(27)23-22-10-13-3-4-14(18(9-13)30-2)12-31-16-7-5-15(6-8-16)26(28)29/h3-11H,12H2,1-2H3,(H,23,27)/b22-10-. The molecule has 3 aromatic rings. The van der Waals surface area contributed by atoms with Gasteiger partial charge in [-0.15, -0.1) is 0 Å². The number of ether oxygens (including phenoxy) is 2. The maximum absolute atomic E-state index is 12.1. The molecule has 0 aliphatic rings. The lowest BCUT2D eigenvalue weighted by atomic mass is 10.1. The highest BCUT2D eigenvalue weighted by atomic mass is 79.9. The van der Waals surface area contributed by atoms with Gasteiger partial charge in [-0.2, -0.15) is 10.2 Å². The highest BCUT2D eigenvalue weighted by Crippen LogP contribution is 2.23. The van der Waals surface area contributed by atoms with Crippen molar-refractivity contribution in [2.45, 2.75) is 6.61 Å². The Morgan fingerprint density at radius 3 is 2.68 bits per heavy atom. The second-order valence-corrected chi connectivity index (χ2v) is 7.16. The summed E-state index contributed by atoms with van der Waals surface area (Å²) in [5.74, 6) is 0.634. The third kappa shape index (κ3) is 5.66. The number of benzene rings is 2. The monoisotopic (exact) mass is 487 g/mol. The molecule has 0 unspecified atom stereocenters. The number of methoxy groups -OCH3 is 1. The fourth-order valence-corrected chi connectivity index (χ4v) is 3.17. The Kier molecular flexibility index (Phi) is 6.98. The van der Waals surface area contributed by atoms with E-state index in [1.165, 1.54) is 42.3 Å². The molecule has 0 bridgehead atoms. The maximum Gasteiger partial charge on any atom is 0.293 e. The normalized spacial score (nSPS) is 10.8. The lowest BCUT2D eigenvalue weighted by molar-refractivity contribution is -0.384. The van der Waals surface area contributed by atoms with Crippen molar-refractivity contribution in [1.29, 1.82) is 0 Å². The van der Waals surface area contributed by atoms with Crippen LogP contribution in [0.1, 0.15) is 21.6 Å². The number of halogens is 1. The van der Waals surface area contributed by atoms with Crippen molar-refractivity contribution in [3.63, 3.8) is 0 Å². The van der Waals surface area contributed by atoms with Crippen LogP contribution in [0.5, 0.6) is 11.5 Å². The van der Waals surface area contributed by atoms with Gasteiger partial charge in [0, 0.05) is 30.9 Å². The van der Waals surface area contributed by atoms with E-state index in [1.807, 2.05) is 6.07 Å². The Labute approximate surface area is 185 Å². The van der Waals surface area contributed by atoms with Gasteiger partial charge < -0.3 is 9.47 Å². The minimum atomic E-state index is -0.468. The Morgan fingerprint density at radius 1 is 1.32 bits per heavy atom. The Bertz CT molecular complexity index is 1130. The van der Waals surface area contributed by atoms with Gasteiger partial charge in [-0.25, -0.2) is 5.43 Å². The van der Waals surface area contributed by atoms with Gasteiger partial charge in [-0.1, -0.05) is 12.1 Å². The van der Waals surface area contributed by atoms with E-state index < -0.39 is 10.8 Å². The van der Waals surface area contributed by atoms with E-state index in [0.717, 1.165) is 5.56 Å². The van der Waals surface area contributed by atoms with Gasteiger partial charge in [-0.05, 0) is 39.7 Å². The van der Waals surface area contributed by atoms with Crippen molar-refractivity contribution in [3.8, 4) is 11.5 Å². The minimum Gasteiger partial charge on any atom is -0.496 e. The summed E-state index contributed by atoms with van der Waals surface area (Å²) >= 11 is 3.27.